The molecule has 0 bridgehead atoms. The molecule has 0 fully saturated rings. The largest absolute Gasteiger partial charge is 0.478 e. The molecule has 2 amide bonds. The van der Waals surface area contributed by atoms with Gasteiger partial charge in [-0.1, -0.05) is 30.3 Å². The van der Waals surface area contributed by atoms with E-state index < -0.39 is 17.9 Å². The molecular formula is C19H16N2O4. The van der Waals surface area contributed by atoms with Crippen molar-refractivity contribution in [3.63, 3.8) is 0 Å². The Morgan fingerprint density at radius 2 is 1.72 bits per heavy atom. The lowest BCUT2D eigenvalue weighted by atomic mass is 10.0. The van der Waals surface area contributed by atoms with Crippen LogP contribution in [0.3, 0.4) is 0 Å². The van der Waals surface area contributed by atoms with E-state index in [1.807, 2.05) is 42.5 Å². The van der Waals surface area contributed by atoms with Crippen LogP contribution in [0, 0.1) is 0 Å². The average Bonchev–Trinajstić information content (AvgIpc) is 2.86. The average molecular weight is 336 g/mol. The number of rotatable bonds is 4. The molecule has 3 N–H and O–H groups in total. The van der Waals surface area contributed by atoms with Crippen LogP contribution in [0.4, 0.5) is 5.69 Å². The second kappa shape index (κ2) is 6.60. The Hall–Kier alpha value is -3.41. The molecule has 3 rings (SSSR count). The fourth-order valence-corrected chi connectivity index (χ4v) is 2.98. The van der Waals surface area contributed by atoms with E-state index >= 15 is 0 Å². The Labute approximate surface area is 144 Å². The van der Waals surface area contributed by atoms with Crippen molar-refractivity contribution < 1.29 is 19.5 Å². The van der Waals surface area contributed by atoms with Gasteiger partial charge in [0.15, 0.2) is 0 Å². The molecule has 0 saturated heterocycles. The number of benzene rings is 2. The number of carboxylic acid groups (broad SMARTS) is 1. The summed E-state index contributed by atoms with van der Waals surface area (Å²) in [6.07, 6.45) is 1.78. The fraction of sp³-hybridized carbons (Fsp3) is 0.105. The Balaban J connectivity index is 1.99. The Morgan fingerprint density at radius 1 is 1.00 bits per heavy atom. The van der Waals surface area contributed by atoms with Crippen LogP contribution in [0.25, 0.3) is 11.1 Å². The molecule has 0 radical (unpaired) electrons. The zero-order valence-electron chi connectivity index (χ0n) is 13.4. The molecule has 2 aromatic rings. The second-order valence-corrected chi connectivity index (χ2v) is 5.68. The minimum atomic E-state index is -1.18. The highest BCUT2D eigenvalue weighted by atomic mass is 16.4. The molecule has 126 valence electrons. The SMILES string of the molecule is CC(=O)Nc1ccc2c(c1)[C@@H](NC(=O)/C=C/C(=O)O)c1ccccc1-2. The molecule has 0 saturated carbocycles. The summed E-state index contributed by atoms with van der Waals surface area (Å²) >= 11 is 0. The van der Waals surface area contributed by atoms with Gasteiger partial charge in [0, 0.05) is 24.8 Å². The van der Waals surface area contributed by atoms with Gasteiger partial charge in [0.05, 0.1) is 6.04 Å². The summed E-state index contributed by atoms with van der Waals surface area (Å²) in [4.78, 5) is 33.9. The minimum Gasteiger partial charge on any atom is -0.478 e. The number of hydrogen-bond acceptors (Lipinski definition) is 3. The summed E-state index contributed by atoms with van der Waals surface area (Å²) < 4.78 is 0. The molecule has 1 aliphatic rings. The zero-order chi connectivity index (χ0) is 18.0. The van der Waals surface area contributed by atoms with E-state index in [0.717, 1.165) is 34.4 Å². The lowest BCUT2D eigenvalue weighted by Crippen LogP contribution is -2.26. The number of nitrogens with one attached hydrogen (secondary N) is 2. The standard InChI is InChI=1S/C19H16N2O4/c1-11(22)20-12-6-7-14-13-4-2-3-5-15(13)19(16(14)10-12)21-17(23)8-9-18(24)25/h2-10,19H,1H3,(H,20,22)(H,21,23)(H,24,25)/b9-8+/t19-/m0/s1. The van der Waals surface area contributed by atoms with Gasteiger partial charge in [-0.05, 0) is 34.4 Å². The summed E-state index contributed by atoms with van der Waals surface area (Å²) in [5, 5.41) is 14.2. The van der Waals surface area contributed by atoms with Gasteiger partial charge < -0.3 is 15.7 Å². The van der Waals surface area contributed by atoms with Crippen molar-refractivity contribution in [2.24, 2.45) is 0 Å². The molecular weight excluding hydrogens is 320 g/mol. The van der Waals surface area contributed by atoms with Crippen molar-refractivity contribution in [3.05, 3.63) is 65.7 Å². The lowest BCUT2D eigenvalue weighted by molar-refractivity contribution is -0.131. The molecule has 0 heterocycles. The maximum Gasteiger partial charge on any atom is 0.328 e. The molecule has 6 heteroatoms. The molecule has 6 nitrogen and oxygen atoms in total. The summed E-state index contributed by atoms with van der Waals surface area (Å²) in [5.41, 5.74) is 4.38. The molecule has 0 unspecified atom stereocenters. The maximum atomic E-state index is 12.1. The third kappa shape index (κ3) is 3.42. The van der Waals surface area contributed by atoms with Crippen LogP contribution in [0.1, 0.15) is 24.1 Å². The van der Waals surface area contributed by atoms with Gasteiger partial charge in [0.1, 0.15) is 0 Å². The first kappa shape index (κ1) is 16.4. The van der Waals surface area contributed by atoms with E-state index in [-0.39, 0.29) is 5.91 Å². The Morgan fingerprint density at radius 3 is 2.44 bits per heavy atom. The van der Waals surface area contributed by atoms with Crippen LogP contribution >= 0.6 is 0 Å². The van der Waals surface area contributed by atoms with Crippen LogP contribution in [0.2, 0.25) is 0 Å². The van der Waals surface area contributed by atoms with E-state index in [2.05, 4.69) is 10.6 Å². The van der Waals surface area contributed by atoms with Crippen LogP contribution in [-0.4, -0.2) is 22.9 Å². The Kier molecular flexibility index (Phi) is 4.35. The monoisotopic (exact) mass is 336 g/mol. The third-order valence-corrected chi connectivity index (χ3v) is 3.91. The zero-order valence-corrected chi connectivity index (χ0v) is 13.4. The number of hydrogen-bond donors (Lipinski definition) is 3. The number of amides is 2. The van der Waals surface area contributed by atoms with Crippen LogP contribution < -0.4 is 10.6 Å². The van der Waals surface area contributed by atoms with Crippen LogP contribution in [0.15, 0.2) is 54.6 Å². The first-order valence-corrected chi connectivity index (χ1v) is 7.68. The van der Waals surface area contributed by atoms with E-state index in [1.165, 1.54) is 6.92 Å². The molecule has 1 atom stereocenters. The van der Waals surface area contributed by atoms with E-state index in [0.29, 0.717) is 5.69 Å². The molecule has 0 aromatic heterocycles. The summed E-state index contributed by atoms with van der Waals surface area (Å²) in [6.45, 7) is 1.43. The van der Waals surface area contributed by atoms with Crippen molar-refractivity contribution in [2.75, 3.05) is 5.32 Å². The minimum absolute atomic E-state index is 0.180. The maximum absolute atomic E-state index is 12.1. The van der Waals surface area contributed by atoms with E-state index in [4.69, 9.17) is 5.11 Å². The molecule has 2 aromatic carbocycles. The quantitative estimate of drug-likeness (QED) is 0.748. The predicted molar refractivity (Wildman–Crippen MR) is 92.9 cm³/mol. The highest BCUT2D eigenvalue weighted by Crippen LogP contribution is 2.44. The lowest BCUT2D eigenvalue weighted by Gasteiger charge is -2.15. The number of fused-ring (bicyclic) bond motifs is 3. The summed E-state index contributed by atoms with van der Waals surface area (Å²) in [7, 11) is 0. The number of carbonyl (C=O) groups is 3. The normalized spacial score (nSPS) is 14.7. The van der Waals surface area contributed by atoms with Crippen molar-refractivity contribution >= 4 is 23.5 Å². The smallest absolute Gasteiger partial charge is 0.328 e. The van der Waals surface area contributed by atoms with Gasteiger partial charge >= 0.3 is 5.97 Å². The molecule has 0 spiro atoms. The highest BCUT2D eigenvalue weighted by Gasteiger charge is 2.29. The molecule has 1 aliphatic carbocycles. The first-order valence-electron chi connectivity index (χ1n) is 7.68. The molecule has 25 heavy (non-hydrogen) atoms. The van der Waals surface area contributed by atoms with Gasteiger partial charge in [-0.2, -0.15) is 0 Å². The van der Waals surface area contributed by atoms with Gasteiger partial charge in [0.25, 0.3) is 0 Å². The van der Waals surface area contributed by atoms with E-state index in [1.54, 1.807) is 0 Å². The number of carboxylic acids is 1. The van der Waals surface area contributed by atoms with Gasteiger partial charge in [-0.3, -0.25) is 9.59 Å². The number of aliphatic carboxylic acids is 1. The summed E-state index contributed by atoms with van der Waals surface area (Å²) in [6, 6.07) is 12.8. The third-order valence-electron chi connectivity index (χ3n) is 3.91. The van der Waals surface area contributed by atoms with Gasteiger partial charge in [-0.15, -0.1) is 0 Å². The topological polar surface area (TPSA) is 95.5 Å². The van der Waals surface area contributed by atoms with Crippen molar-refractivity contribution in [2.45, 2.75) is 13.0 Å². The second-order valence-electron chi connectivity index (χ2n) is 5.68. The van der Waals surface area contributed by atoms with Crippen molar-refractivity contribution in [1.82, 2.24) is 5.32 Å². The molecule has 0 aliphatic heterocycles. The number of carbonyl (C=O) groups excluding carboxylic acids is 2. The van der Waals surface area contributed by atoms with E-state index in [9.17, 15) is 14.4 Å². The Bertz CT molecular complexity index is 902. The predicted octanol–water partition coefficient (Wildman–Crippen LogP) is 2.47. The van der Waals surface area contributed by atoms with Gasteiger partial charge in [0.2, 0.25) is 11.8 Å². The first-order chi connectivity index (χ1) is 12.0. The number of anilines is 1. The fourth-order valence-electron chi connectivity index (χ4n) is 2.98. The van der Waals surface area contributed by atoms with Crippen LogP contribution in [0.5, 0.6) is 0 Å². The van der Waals surface area contributed by atoms with Crippen molar-refractivity contribution in [1.29, 1.82) is 0 Å². The summed E-state index contributed by atoms with van der Waals surface area (Å²) in [5.74, 6) is -1.87. The highest BCUT2D eigenvalue weighted by molar-refractivity contribution is 5.95. The van der Waals surface area contributed by atoms with Crippen LogP contribution in [-0.2, 0) is 14.4 Å². The van der Waals surface area contributed by atoms with Crippen molar-refractivity contribution in [3.8, 4) is 11.1 Å². The van der Waals surface area contributed by atoms with Gasteiger partial charge in [-0.25, -0.2) is 4.79 Å².